The Bertz CT molecular complexity index is 2730. The summed E-state index contributed by atoms with van der Waals surface area (Å²) in [5, 5.41) is 115. The Morgan fingerprint density at radius 2 is 1.24 bits per heavy atom. The van der Waals surface area contributed by atoms with Crippen molar-refractivity contribution >= 4 is 44.9 Å². The zero-order valence-electron chi connectivity index (χ0n) is 50.9. The van der Waals surface area contributed by atoms with Crippen molar-refractivity contribution in [1.82, 2.24) is 0 Å². The fourth-order valence-electron chi connectivity index (χ4n) is 13.2. The highest BCUT2D eigenvalue weighted by atomic mass is 127. The Morgan fingerprint density at radius 1 is 0.687 bits per heavy atom. The molecular weight excluding hydrogens is 1200 g/mol. The number of Topliss-reactive ketones (excluding diaryl/α,β-unsaturated/α-hetero) is 2. The van der Waals surface area contributed by atoms with Gasteiger partial charge in [-0.2, -0.15) is 0 Å². The maximum absolute atomic E-state index is 15.4. The Balaban J connectivity index is 1.07. The number of ketones is 2. The summed E-state index contributed by atoms with van der Waals surface area (Å²) in [4.78, 5) is 29.3. The summed E-state index contributed by atoms with van der Waals surface area (Å²) >= 11 is 2.04. The van der Waals surface area contributed by atoms with Crippen LogP contribution in [0.5, 0.6) is 17.2 Å². The van der Waals surface area contributed by atoms with Crippen molar-refractivity contribution in [2.75, 3.05) is 0 Å². The number of aliphatic hydroxyl groups excluding tert-OH is 4. The van der Waals surface area contributed by atoms with Gasteiger partial charge in [-0.25, -0.2) is 0 Å². The van der Waals surface area contributed by atoms with E-state index in [-0.39, 0.29) is 73.0 Å². The van der Waals surface area contributed by atoms with Crippen LogP contribution in [0.25, 0.3) is 10.8 Å². The predicted octanol–water partition coefficient (Wildman–Crippen LogP) is 5.13. The second kappa shape index (κ2) is 22.5. The van der Waals surface area contributed by atoms with Crippen LogP contribution in [0.15, 0.2) is 6.07 Å². The summed E-state index contributed by atoms with van der Waals surface area (Å²) in [6.07, 6.45) is -15.6. The number of ether oxygens (including phenoxy) is 10. The van der Waals surface area contributed by atoms with Crippen molar-refractivity contribution in [3.8, 4) is 17.2 Å². The second-order valence-electron chi connectivity index (χ2n) is 27.9. The second-order valence-corrected chi connectivity index (χ2v) is 29.0. The summed E-state index contributed by atoms with van der Waals surface area (Å²) in [6, 6.07) is 1.61. The molecule has 19 atom stereocenters. The first-order valence-electron chi connectivity index (χ1n) is 28.8. The number of carbonyl (C=O) groups is 2. The molecule has 5 heterocycles. The number of hydrogen-bond acceptors (Lipinski definition) is 22. The maximum Gasteiger partial charge on any atom is 0.203 e. The molecular formula is C60H91IO22. The van der Waals surface area contributed by atoms with Crippen LogP contribution in [0.2, 0.25) is 0 Å². The topological polar surface area (TPSA) is 329 Å². The van der Waals surface area contributed by atoms with Crippen LogP contribution in [0.4, 0.5) is 0 Å². The fourth-order valence-corrected chi connectivity index (χ4v) is 14.1. The molecule has 6 aliphatic rings. The first-order chi connectivity index (χ1) is 37.8. The lowest BCUT2D eigenvalue weighted by molar-refractivity contribution is -0.389. The molecule has 0 saturated carbocycles. The molecule has 0 radical (unpaired) electrons. The molecule has 2 aromatic rings. The molecule has 23 heteroatoms. The monoisotopic (exact) mass is 1290 g/mol. The molecule has 0 aromatic heterocycles. The summed E-state index contributed by atoms with van der Waals surface area (Å²) < 4.78 is 64.3. The van der Waals surface area contributed by atoms with Crippen molar-refractivity contribution in [3.63, 3.8) is 0 Å². The van der Waals surface area contributed by atoms with Gasteiger partial charge in [-0.05, 0) is 151 Å². The van der Waals surface area contributed by atoms with Gasteiger partial charge in [0.25, 0.3) is 0 Å². The highest BCUT2D eigenvalue weighted by molar-refractivity contribution is 14.1. The molecule has 8 rings (SSSR count). The van der Waals surface area contributed by atoms with Crippen LogP contribution in [0.1, 0.15) is 171 Å². The molecule has 2 aromatic carbocycles. The van der Waals surface area contributed by atoms with Crippen LogP contribution < -0.4 is 4.74 Å². The SMILES string of the molecule is Cc1c(OC2CC(OC3CC(O)C(C)(O)C(C)(C)O3)C(O)C(C)(C)O2)cc2c(I)c3c(c(O)c2c1O)C(=O)C(OC1CC(OC2CC(C)(O)C(OC4CC(C)(O)C(O)C(C)(C)O4)C(C)(C)O2)C(C)(O)C(C)(C)O1)C(C(C)C(=O)CC(C)O)C3. The molecule has 5 aliphatic heterocycles. The van der Waals surface area contributed by atoms with E-state index in [1.165, 1.54) is 27.7 Å². The lowest BCUT2D eigenvalue weighted by Crippen LogP contribution is -2.68. The molecule has 5 fully saturated rings. The average Bonchev–Trinajstić information content (AvgIpc) is 1.07. The van der Waals surface area contributed by atoms with Crippen molar-refractivity contribution in [3.05, 3.63) is 26.3 Å². The van der Waals surface area contributed by atoms with E-state index in [2.05, 4.69) is 0 Å². The summed E-state index contributed by atoms with van der Waals surface area (Å²) in [5.74, 6) is -3.71. The van der Waals surface area contributed by atoms with Gasteiger partial charge in [-0.1, -0.05) is 6.92 Å². The Kier molecular flexibility index (Phi) is 18.0. The van der Waals surface area contributed by atoms with Gasteiger partial charge in [0.2, 0.25) is 6.29 Å². The van der Waals surface area contributed by atoms with Gasteiger partial charge in [-0.15, -0.1) is 0 Å². The minimum atomic E-state index is -1.76. The van der Waals surface area contributed by atoms with Crippen LogP contribution >= 0.6 is 22.6 Å². The minimum Gasteiger partial charge on any atom is -0.507 e. The van der Waals surface area contributed by atoms with Gasteiger partial charge < -0.3 is 98.4 Å². The van der Waals surface area contributed by atoms with E-state index in [1.807, 2.05) is 22.6 Å². The molecule has 22 nitrogen and oxygen atoms in total. The zero-order chi connectivity index (χ0) is 62.2. The quantitative estimate of drug-likeness (QED) is 0.110. The van der Waals surface area contributed by atoms with Gasteiger partial charge in [0.05, 0.1) is 74.6 Å². The first kappa shape index (κ1) is 66.4. The first-order valence-corrected chi connectivity index (χ1v) is 29.9. The van der Waals surface area contributed by atoms with E-state index < -0.39 is 160 Å². The van der Waals surface area contributed by atoms with Crippen LogP contribution in [-0.4, -0.2) is 193 Å². The average molecular weight is 1290 g/mol. The van der Waals surface area contributed by atoms with Crippen LogP contribution in [0, 0.1) is 22.3 Å². The third-order valence-electron chi connectivity index (χ3n) is 19.0. The normalized spacial score (nSPS) is 41.0. The van der Waals surface area contributed by atoms with Crippen molar-refractivity contribution in [2.45, 2.75) is 293 Å². The molecule has 1 aliphatic carbocycles. The van der Waals surface area contributed by atoms with Crippen molar-refractivity contribution in [1.29, 1.82) is 0 Å². The highest BCUT2D eigenvalue weighted by Gasteiger charge is 2.61. The number of fused-ring (bicyclic) bond motifs is 2. The Hall–Kier alpha value is -2.51. The van der Waals surface area contributed by atoms with Gasteiger partial charge in [0.1, 0.15) is 58.6 Å². The molecule has 83 heavy (non-hydrogen) atoms. The zero-order valence-corrected chi connectivity index (χ0v) is 53.1. The van der Waals surface area contributed by atoms with Gasteiger partial charge in [-0.3, -0.25) is 9.59 Å². The molecule has 470 valence electrons. The van der Waals surface area contributed by atoms with Crippen LogP contribution in [0.3, 0.4) is 0 Å². The van der Waals surface area contributed by atoms with E-state index in [9.17, 15) is 55.9 Å². The number of rotatable bonds is 14. The lowest BCUT2D eigenvalue weighted by atomic mass is 9.72. The summed E-state index contributed by atoms with van der Waals surface area (Å²) in [5.41, 5.74) is -12.5. The predicted molar refractivity (Wildman–Crippen MR) is 305 cm³/mol. The molecule has 19 unspecified atom stereocenters. The number of hydrogen-bond donors (Lipinski definition) is 10. The number of halogens is 1. The summed E-state index contributed by atoms with van der Waals surface area (Å²) in [7, 11) is 0. The smallest absolute Gasteiger partial charge is 0.203 e. The Labute approximate surface area is 499 Å². The molecule has 0 spiro atoms. The molecule has 10 N–H and O–H groups in total. The third-order valence-corrected chi connectivity index (χ3v) is 20.3. The van der Waals surface area contributed by atoms with E-state index in [0.29, 0.717) is 14.5 Å². The molecule has 0 amide bonds. The summed E-state index contributed by atoms with van der Waals surface area (Å²) in [6.45, 7) is 27.2. The van der Waals surface area contributed by atoms with E-state index in [1.54, 1.807) is 96.1 Å². The van der Waals surface area contributed by atoms with E-state index in [4.69, 9.17) is 47.4 Å². The minimum absolute atomic E-state index is 0.00927. The molecule has 0 bridgehead atoms. The fraction of sp³-hybridized carbons (Fsp3) is 0.800. The Morgan fingerprint density at radius 3 is 1.82 bits per heavy atom. The number of carbonyl (C=O) groups excluding carboxylic acids is 2. The van der Waals surface area contributed by atoms with Crippen molar-refractivity contribution in [2.24, 2.45) is 11.8 Å². The van der Waals surface area contributed by atoms with E-state index >= 15 is 4.79 Å². The number of aliphatic hydroxyl groups is 8. The standard InChI is InChI=1S/C60H91IO22/c1-26(62)18-32(63)27(2)29-19-30-43(46(66)42-31(44(30)61)20-33(28(3)45(42)65)74-37-21-34(49(68)52(4,5)79-37)75-38-22-35(64)59(16,72)55(10,11)82-38)47(67)48(29)77-39-23-36(60(17,73)56(12,13)83-39)76-40-25-58(15,71)51(54(8,9)81-40)78-41-24-57(14,70)50(69)53(6,7)80-41/h20,26-27,29,34-41,48-51,62,64-66,68-73H,18-19,21-25H2,1-17H3. The number of phenols is 2. The third kappa shape index (κ3) is 12.4. The number of aromatic hydroxyl groups is 2. The van der Waals surface area contributed by atoms with E-state index in [0.717, 1.165) is 0 Å². The maximum atomic E-state index is 15.4. The highest BCUT2D eigenvalue weighted by Crippen LogP contribution is 2.52. The number of phenolic OH excluding ortho intramolecular Hbond substituents is 2. The van der Waals surface area contributed by atoms with Gasteiger partial charge in [0.15, 0.2) is 30.9 Å². The largest absolute Gasteiger partial charge is 0.507 e. The van der Waals surface area contributed by atoms with Gasteiger partial charge in [0, 0.05) is 64.9 Å². The van der Waals surface area contributed by atoms with Crippen LogP contribution in [-0.2, 0) is 53.8 Å². The number of benzene rings is 2. The van der Waals surface area contributed by atoms with Crippen molar-refractivity contribution < 1.29 is 108 Å². The van der Waals surface area contributed by atoms with Gasteiger partial charge >= 0.3 is 0 Å². The lowest BCUT2D eigenvalue weighted by Gasteiger charge is -2.55. The molecule has 5 saturated heterocycles.